The molecule has 2 aromatic rings. The van der Waals surface area contributed by atoms with E-state index in [1.165, 1.54) is 17.1 Å². The number of hydrogen-bond donors (Lipinski definition) is 3. The number of amides is 2. The maximum absolute atomic E-state index is 12.0. The molecule has 104 valence electrons. The maximum atomic E-state index is 12.0. The summed E-state index contributed by atoms with van der Waals surface area (Å²) in [5.41, 5.74) is 2.17. The van der Waals surface area contributed by atoms with E-state index >= 15 is 0 Å². The second kappa shape index (κ2) is 5.60. The smallest absolute Gasteiger partial charge is 0.320 e. The largest absolute Gasteiger partial charge is 0.391 e. The molecular formula is C14H15N3O2S. The molecular weight excluding hydrogens is 274 g/mol. The Morgan fingerprint density at radius 1 is 1.35 bits per heavy atom. The van der Waals surface area contributed by atoms with Gasteiger partial charge in [0, 0.05) is 6.20 Å². The topological polar surface area (TPSA) is 74.2 Å². The third-order valence-electron chi connectivity index (χ3n) is 3.45. The average molecular weight is 289 g/mol. The van der Waals surface area contributed by atoms with Crippen molar-refractivity contribution < 1.29 is 9.90 Å². The molecule has 0 bridgehead atoms. The van der Waals surface area contributed by atoms with Crippen molar-refractivity contribution in [3.63, 3.8) is 0 Å². The van der Waals surface area contributed by atoms with E-state index in [4.69, 9.17) is 0 Å². The molecule has 1 heterocycles. The number of nitrogens with zero attached hydrogens (tertiary/aromatic N) is 1. The summed E-state index contributed by atoms with van der Waals surface area (Å²) in [7, 11) is 0. The molecule has 3 N–H and O–H groups in total. The number of aliphatic hydroxyl groups excluding tert-OH is 1. The Morgan fingerprint density at radius 3 is 3.00 bits per heavy atom. The number of benzene rings is 1. The van der Waals surface area contributed by atoms with Gasteiger partial charge in [0.05, 0.1) is 12.1 Å². The number of carbonyl (C=O) groups excluding carboxylic acids is 1. The molecule has 0 saturated carbocycles. The van der Waals surface area contributed by atoms with Crippen LogP contribution in [0.3, 0.4) is 0 Å². The Balaban J connectivity index is 1.74. The van der Waals surface area contributed by atoms with Gasteiger partial charge in [-0.05, 0) is 41.6 Å². The Bertz CT molecular complexity index is 600. The zero-order valence-corrected chi connectivity index (χ0v) is 11.6. The first-order valence-corrected chi connectivity index (χ1v) is 7.25. The standard InChI is InChI=1S/C14H15N3O2S/c18-11-6-5-9-3-1-2-4-10(9)13(11)17-14(19)16-12-7-8-15-20-12/h1-4,7-8,11,13,18H,5-6H2,(H2,16,17,19)/t11-,13+/m0/s1. The first-order valence-electron chi connectivity index (χ1n) is 6.48. The van der Waals surface area contributed by atoms with E-state index in [0.29, 0.717) is 11.4 Å². The number of aromatic nitrogens is 1. The van der Waals surface area contributed by atoms with Gasteiger partial charge >= 0.3 is 6.03 Å². The summed E-state index contributed by atoms with van der Waals surface area (Å²) in [6, 6.07) is 8.93. The summed E-state index contributed by atoms with van der Waals surface area (Å²) in [5.74, 6) is 0. The third kappa shape index (κ3) is 2.66. The van der Waals surface area contributed by atoms with Crippen molar-refractivity contribution in [3.8, 4) is 0 Å². The molecule has 1 aromatic heterocycles. The van der Waals surface area contributed by atoms with Crippen LogP contribution < -0.4 is 10.6 Å². The molecule has 0 aliphatic heterocycles. The summed E-state index contributed by atoms with van der Waals surface area (Å²) in [6.45, 7) is 0. The summed E-state index contributed by atoms with van der Waals surface area (Å²) in [5, 5.41) is 16.4. The highest BCUT2D eigenvalue weighted by molar-refractivity contribution is 7.10. The van der Waals surface area contributed by atoms with Crippen LogP contribution in [0.1, 0.15) is 23.6 Å². The SMILES string of the molecule is O=C(Nc1ccns1)N[C@@H]1c2ccccc2CC[C@@H]1O. The number of aliphatic hydroxyl groups is 1. The van der Waals surface area contributed by atoms with Gasteiger partial charge in [-0.15, -0.1) is 0 Å². The molecule has 0 spiro atoms. The fourth-order valence-electron chi connectivity index (χ4n) is 2.49. The van der Waals surface area contributed by atoms with E-state index in [1.807, 2.05) is 24.3 Å². The first-order chi connectivity index (χ1) is 9.74. The van der Waals surface area contributed by atoms with Crippen molar-refractivity contribution in [3.05, 3.63) is 47.7 Å². The van der Waals surface area contributed by atoms with Gasteiger partial charge in [0.25, 0.3) is 0 Å². The lowest BCUT2D eigenvalue weighted by Crippen LogP contribution is -2.41. The van der Waals surface area contributed by atoms with Crippen LogP contribution >= 0.6 is 11.5 Å². The van der Waals surface area contributed by atoms with E-state index in [1.54, 1.807) is 12.3 Å². The second-order valence-corrected chi connectivity index (χ2v) is 5.59. The molecule has 3 rings (SSSR count). The molecule has 2 amide bonds. The number of fused-ring (bicyclic) bond motifs is 1. The molecule has 1 aliphatic carbocycles. The van der Waals surface area contributed by atoms with Gasteiger partial charge in [-0.1, -0.05) is 24.3 Å². The first kappa shape index (κ1) is 13.1. The lowest BCUT2D eigenvalue weighted by atomic mass is 9.86. The molecule has 0 saturated heterocycles. The minimum absolute atomic E-state index is 0.324. The Hall–Kier alpha value is -1.92. The number of urea groups is 1. The van der Waals surface area contributed by atoms with Crippen LogP contribution in [0, 0.1) is 0 Å². The van der Waals surface area contributed by atoms with Crippen LogP contribution in [-0.2, 0) is 6.42 Å². The van der Waals surface area contributed by atoms with Crippen molar-refractivity contribution in [2.45, 2.75) is 25.0 Å². The lowest BCUT2D eigenvalue weighted by Gasteiger charge is -2.30. The zero-order chi connectivity index (χ0) is 13.9. The van der Waals surface area contributed by atoms with Crippen LogP contribution in [0.15, 0.2) is 36.5 Å². The average Bonchev–Trinajstić information content (AvgIpc) is 2.95. The highest BCUT2D eigenvalue weighted by Gasteiger charge is 2.29. The Kier molecular flexibility index (Phi) is 3.66. The van der Waals surface area contributed by atoms with Crippen LogP contribution in [0.5, 0.6) is 0 Å². The molecule has 6 heteroatoms. The van der Waals surface area contributed by atoms with Gasteiger partial charge in [-0.3, -0.25) is 5.32 Å². The minimum Gasteiger partial charge on any atom is -0.391 e. The number of aryl methyl sites for hydroxylation is 1. The summed E-state index contributed by atoms with van der Waals surface area (Å²) >= 11 is 1.22. The molecule has 2 atom stereocenters. The van der Waals surface area contributed by atoms with Crippen LogP contribution in [-0.4, -0.2) is 21.6 Å². The van der Waals surface area contributed by atoms with E-state index < -0.39 is 6.10 Å². The fourth-order valence-corrected chi connectivity index (χ4v) is 2.98. The number of hydrogen-bond acceptors (Lipinski definition) is 4. The van der Waals surface area contributed by atoms with Crippen molar-refractivity contribution >= 4 is 22.6 Å². The maximum Gasteiger partial charge on any atom is 0.320 e. The van der Waals surface area contributed by atoms with Crippen molar-refractivity contribution in [2.24, 2.45) is 0 Å². The second-order valence-electron chi connectivity index (χ2n) is 4.76. The van der Waals surface area contributed by atoms with Gasteiger partial charge in [0.1, 0.15) is 5.00 Å². The highest BCUT2D eigenvalue weighted by atomic mass is 32.1. The molecule has 0 radical (unpaired) electrons. The minimum atomic E-state index is -0.558. The number of rotatable bonds is 2. The van der Waals surface area contributed by atoms with Gasteiger partial charge in [-0.2, -0.15) is 4.37 Å². The molecule has 0 unspecified atom stereocenters. The number of nitrogens with one attached hydrogen (secondary N) is 2. The third-order valence-corrected chi connectivity index (χ3v) is 4.11. The van der Waals surface area contributed by atoms with Crippen LogP contribution in [0.25, 0.3) is 0 Å². The quantitative estimate of drug-likeness (QED) is 0.794. The Morgan fingerprint density at radius 2 is 2.20 bits per heavy atom. The number of carbonyl (C=O) groups is 1. The Labute approximate surface area is 120 Å². The van der Waals surface area contributed by atoms with Crippen molar-refractivity contribution in [2.75, 3.05) is 5.32 Å². The van der Waals surface area contributed by atoms with Crippen molar-refractivity contribution in [1.29, 1.82) is 0 Å². The van der Waals surface area contributed by atoms with Gasteiger partial charge in [0.2, 0.25) is 0 Å². The van der Waals surface area contributed by atoms with Crippen LogP contribution in [0.2, 0.25) is 0 Å². The fraction of sp³-hybridized carbons (Fsp3) is 0.286. The highest BCUT2D eigenvalue weighted by Crippen LogP contribution is 2.30. The predicted octanol–water partition coefficient (Wildman–Crippen LogP) is 2.31. The van der Waals surface area contributed by atoms with Gasteiger partial charge < -0.3 is 10.4 Å². The summed E-state index contributed by atoms with van der Waals surface area (Å²) in [4.78, 5) is 12.0. The summed E-state index contributed by atoms with van der Waals surface area (Å²) in [6.07, 6.45) is 2.57. The van der Waals surface area contributed by atoms with E-state index in [2.05, 4.69) is 15.0 Å². The van der Waals surface area contributed by atoms with Gasteiger partial charge in [0.15, 0.2) is 0 Å². The monoisotopic (exact) mass is 289 g/mol. The predicted molar refractivity (Wildman–Crippen MR) is 77.8 cm³/mol. The lowest BCUT2D eigenvalue weighted by molar-refractivity contribution is 0.115. The molecule has 20 heavy (non-hydrogen) atoms. The zero-order valence-electron chi connectivity index (χ0n) is 10.7. The van der Waals surface area contributed by atoms with E-state index in [-0.39, 0.29) is 12.1 Å². The number of anilines is 1. The van der Waals surface area contributed by atoms with Gasteiger partial charge in [-0.25, -0.2) is 4.79 Å². The molecule has 1 aromatic carbocycles. The normalized spacial score (nSPS) is 21.1. The molecule has 5 nitrogen and oxygen atoms in total. The molecule has 0 fully saturated rings. The van der Waals surface area contributed by atoms with Crippen LogP contribution in [0.4, 0.5) is 9.80 Å². The summed E-state index contributed by atoms with van der Waals surface area (Å²) < 4.78 is 3.92. The molecule has 1 aliphatic rings. The van der Waals surface area contributed by atoms with E-state index in [9.17, 15) is 9.90 Å². The van der Waals surface area contributed by atoms with Crippen molar-refractivity contribution in [1.82, 2.24) is 9.69 Å². The van der Waals surface area contributed by atoms with E-state index in [0.717, 1.165) is 12.0 Å².